The maximum Gasteiger partial charge on any atom is 0.260 e. The number of methoxy groups -OCH3 is 2. The first-order chi connectivity index (χ1) is 23.6. The standard InChI is InChI=1S/C39H40N4O6/c1-22(2)27-10-25(20-48-36-14-32-30(12-34(36)46-5)38(44)42-18-23(3)7-28(42)16-40-32)9-26(11-27)21-49-37-15-33-31(13-35(37)47-6)39(45)43-19-24(4)8-29(43)17-41-33/h9-19,22,28-29H,7-8,20-21H2,1-6H3/t28-,29-/m0/s1. The minimum absolute atomic E-state index is 0.0879. The van der Waals surface area contributed by atoms with Crippen molar-refractivity contribution in [3.05, 3.63) is 93.8 Å². The van der Waals surface area contributed by atoms with Crippen LogP contribution in [0.5, 0.6) is 23.0 Å². The van der Waals surface area contributed by atoms with Crippen molar-refractivity contribution in [3.63, 3.8) is 0 Å². The Morgan fingerprint density at radius 1 is 0.673 bits per heavy atom. The Bertz CT molecular complexity index is 1840. The van der Waals surface area contributed by atoms with Crippen molar-refractivity contribution >= 4 is 35.6 Å². The van der Waals surface area contributed by atoms with Crippen molar-refractivity contribution in [1.82, 2.24) is 9.80 Å². The molecule has 10 nitrogen and oxygen atoms in total. The molecular weight excluding hydrogens is 620 g/mol. The summed E-state index contributed by atoms with van der Waals surface area (Å²) in [7, 11) is 3.13. The van der Waals surface area contributed by atoms with Crippen molar-refractivity contribution in [2.45, 2.75) is 71.8 Å². The van der Waals surface area contributed by atoms with Gasteiger partial charge in [-0.25, -0.2) is 0 Å². The zero-order chi connectivity index (χ0) is 34.4. The van der Waals surface area contributed by atoms with Crippen LogP contribution in [-0.4, -0.2) is 60.3 Å². The highest BCUT2D eigenvalue weighted by Crippen LogP contribution is 2.40. The lowest BCUT2D eigenvalue weighted by atomic mass is 9.98. The van der Waals surface area contributed by atoms with Crippen molar-refractivity contribution in [2.24, 2.45) is 9.98 Å². The fourth-order valence-electron chi connectivity index (χ4n) is 6.72. The Morgan fingerprint density at radius 2 is 1.12 bits per heavy atom. The van der Waals surface area contributed by atoms with E-state index >= 15 is 0 Å². The van der Waals surface area contributed by atoms with Crippen LogP contribution < -0.4 is 18.9 Å². The number of aliphatic imine (C=N–C) groups is 2. The first-order valence-corrected chi connectivity index (χ1v) is 16.5. The van der Waals surface area contributed by atoms with E-state index in [1.54, 1.807) is 48.3 Å². The summed E-state index contributed by atoms with van der Waals surface area (Å²) in [5.74, 6) is 1.99. The maximum atomic E-state index is 13.4. The zero-order valence-electron chi connectivity index (χ0n) is 28.6. The minimum Gasteiger partial charge on any atom is -0.493 e. The van der Waals surface area contributed by atoms with Crippen molar-refractivity contribution in [1.29, 1.82) is 0 Å². The highest BCUT2D eigenvalue weighted by atomic mass is 16.5. The smallest absolute Gasteiger partial charge is 0.260 e. The van der Waals surface area contributed by atoms with Gasteiger partial charge >= 0.3 is 0 Å². The van der Waals surface area contributed by atoms with Crippen LogP contribution in [0.25, 0.3) is 0 Å². The van der Waals surface area contributed by atoms with Crippen LogP contribution >= 0.6 is 0 Å². The average Bonchev–Trinajstić information content (AvgIpc) is 3.60. The molecule has 252 valence electrons. The van der Waals surface area contributed by atoms with Crippen LogP contribution in [0.1, 0.15) is 83.9 Å². The Labute approximate surface area is 286 Å². The van der Waals surface area contributed by atoms with E-state index in [2.05, 4.69) is 36.0 Å². The van der Waals surface area contributed by atoms with Gasteiger partial charge in [-0.2, -0.15) is 0 Å². The number of hydrogen-bond acceptors (Lipinski definition) is 8. The number of fused-ring (bicyclic) bond motifs is 4. The summed E-state index contributed by atoms with van der Waals surface area (Å²) in [5.41, 5.74) is 7.40. The van der Waals surface area contributed by atoms with Gasteiger partial charge in [0.1, 0.15) is 13.2 Å². The lowest BCUT2D eigenvalue weighted by Gasteiger charge is -2.19. The minimum atomic E-state index is -0.106. The number of hydrogen-bond donors (Lipinski definition) is 0. The van der Waals surface area contributed by atoms with E-state index in [1.807, 2.05) is 44.7 Å². The van der Waals surface area contributed by atoms with Gasteiger partial charge in [-0.3, -0.25) is 19.6 Å². The number of amides is 2. The molecule has 2 atom stereocenters. The molecule has 0 spiro atoms. The van der Waals surface area contributed by atoms with E-state index in [1.165, 1.54) is 0 Å². The van der Waals surface area contributed by atoms with Gasteiger partial charge in [0.15, 0.2) is 23.0 Å². The molecule has 4 aliphatic rings. The Balaban J connectivity index is 1.11. The predicted octanol–water partition coefficient (Wildman–Crippen LogP) is 7.65. The molecule has 0 unspecified atom stereocenters. The molecule has 0 radical (unpaired) electrons. The third-order valence-corrected chi connectivity index (χ3v) is 9.29. The normalized spacial score (nSPS) is 19.1. The zero-order valence-corrected chi connectivity index (χ0v) is 28.6. The predicted molar refractivity (Wildman–Crippen MR) is 188 cm³/mol. The second-order valence-corrected chi connectivity index (χ2v) is 13.3. The first kappa shape index (κ1) is 32.2. The highest BCUT2D eigenvalue weighted by molar-refractivity contribution is 6.05. The number of rotatable bonds is 9. The van der Waals surface area contributed by atoms with E-state index in [9.17, 15) is 9.59 Å². The monoisotopic (exact) mass is 660 g/mol. The molecule has 0 fully saturated rings. The molecule has 7 rings (SSSR count). The lowest BCUT2D eigenvalue weighted by molar-refractivity contribution is 0.0809. The van der Waals surface area contributed by atoms with Gasteiger partial charge in [0.05, 0.1) is 48.8 Å². The van der Waals surface area contributed by atoms with Gasteiger partial charge in [0.25, 0.3) is 11.8 Å². The van der Waals surface area contributed by atoms with Gasteiger partial charge in [-0.1, -0.05) is 37.1 Å². The van der Waals surface area contributed by atoms with E-state index in [-0.39, 0.29) is 43.0 Å². The van der Waals surface area contributed by atoms with Crippen LogP contribution in [0.4, 0.5) is 11.4 Å². The molecule has 3 aromatic rings. The number of carbonyl (C=O) groups is 2. The summed E-state index contributed by atoms with van der Waals surface area (Å²) in [4.78, 5) is 39.6. The second kappa shape index (κ2) is 12.9. The summed E-state index contributed by atoms with van der Waals surface area (Å²) >= 11 is 0. The molecular formula is C39H40N4O6. The van der Waals surface area contributed by atoms with Gasteiger partial charge in [-0.15, -0.1) is 0 Å². The first-order valence-electron chi connectivity index (χ1n) is 16.5. The molecule has 10 heteroatoms. The molecule has 0 bridgehead atoms. The van der Waals surface area contributed by atoms with Crippen LogP contribution in [-0.2, 0) is 13.2 Å². The Hall–Kier alpha value is -5.38. The topological polar surface area (TPSA) is 102 Å². The van der Waals surface area contributed by atoms with Crippen LogP contribution in [0.3, 0.4) is 0 Å². The average molecular weight is 661 g/mol. The summed E-state index contributed by atoms with van der Waals surface area (Å²) in [6, 6.07) is 13.1. The summed E-state index contributed by atoms with van der Waals surface area (Å²) in [5, 5.41) is 0. The van der Waals surface area contributed by atoms with Gasteiger partial charge < -0.3 is 28.7 Å². The van der Waals surface area contributed by atoms with E-state index < -0.39 is 0 Å². The lowest BCUT2D eigenvalue weighted by Crippen LogP contribution is -2.32. The fraction of sp³-hybridized carbons (Fsp3) is 0.333. The second-order valence-electron chi connectivity index (χ2n) is 13.3. The quantitative estimate of drug-likeness (QED) is 0.234. The van der Waals surface area contributed by atoms with Gasteiger partial charge in [-0.05, 0) is 67.5 Å². The van der Waals surface area contributed by atoms with Crippen LogP contribution in [0.2, 0.25) is 0 Å². The van der Waals surface area contributed by atoms with E-state index in [4.69, 9.17) is 18.9 Å². The molecule has 4 heterocycles. The Kier molecular flexibility index (Phi) is 8.48. The number of benzene rings is 3. The third-order valence-electron chi connectivity index (χ3n) is 9.29. The largest absolute Gasteiger partial charge is 0.493 e. The molecule has 49 heavy (non-hydrogen) atoms. The molecule has 0 aromatic heterocycles. The molecule has 2 amide bonds. The summed E-state index contributed by atoms with van der Waals surface area (Å²) < 4.78 is 24.0. The van der Waals surface area contributed by atoms with Crippen molar-refractivity contribution in [3.8, 4) is 23.0 Å². The van der Waals surface area contributed by atoms with E-state index in [0.29, 0.717) is 45.5 Å². The molecule has 0 saturated heterocycles. The van der Waals surface area contributed by atoms with Gasteiger partial charge in [0, 0.05) is 37.0 Å². The van der Waals surface area contributed by atoms with Gasteiger partial charge in [0.2, 0.25) is 0 Å². The molecule has 0 aliphatic carbocycles. The number of nitrogens with zero attached hydrogens (tertiary/aromatic N) is 4. The molecule has 3 aromatic carbocycles. The Morgan fingerprint density at radius 3 is 1.53 bits per heavy atom. The van der Waals surface area contributed by atoms with E-state index in [0.717, 1.165) is 40.7 Å². The van der Waals surface area contributed by atoms with Crippen LogP contribution in [0.15, 0.2) is 76.0 Å². The highest BCUT2D eigenvalue weighted by Gasteiger charge is 2.33. The molecule has 4 aliphatic heterocycles. The number of ether oxygens (including phenoxy) is 4. The fourth-order valence-corrected chi connectivity index (χ4v) is 6.72. The molecule has 0 N–H and O–H groups in total. The SMILES string of the molecule is COc1cc2c(cc1OCc1cc(COc3cc4c(cc3OC)C(=O)N3C=C(C)C[C@H]3C=N4)cc(C(C)C)c1)N=C[C@@H]1CC(C)=CN1C2=O. The van der Waals surface area contributed by atoms with Crippen molar-refractivity contribution < 1.29 is 28.5 Å². The number of carbonyl (C=O) groups excluding carboxylic acids is 2. The maximum absolute atomic E-state index is 13.4. The third kappa shape index (κ3) is 6.19. The van der Waals surface area contributed by atoms with Crippen molar-refractivity contribution in [2.75, 3.05) is 14.2 Å². The summed E-state index contributed by atoms with van der Waals surface area (Å²) in [6.07, 6.45) is 8.99. The van der Waals surface area contributed by atoms with Crippen LogP contribution in [0, 0.1) is 0 Å². The summed E-state index contributed by atoms with van der Waals surface area (Å²) in [6.45, 7) is 8.85. The molecule has 0 saturated carbocycles.